The fourth-order valence-electron chi connectivity index (χ4n) is 0.426. The highest BCUT2D eigenvalue weighted by Gasteiger charge is 2.09. The molecule has 12 heavy (non-hydrogen) atoms. The third kappa shape index (κ3) is 4.10. The first kappa shape index (κ1) is 10.2. The van der Waals surface area contributed by atoms with E-state index < -0.39 is 17.7 Å². The largest absolute Gasteiger partial charge is 0.482 e. The van der Waals surface area contributed by atoms with E-state index in [4.69, 9.17) is 10.2 Å². The maximum absolute atomic E-state index is 10.2. The van der Waals surface area contributed by atoms with Gasteiger partial charge in [0.15, 0.2) is 0 Å². The molecule has 0 amide bonds. The van der Waals surface area contributed by atoms with Crippen LogP contribution >= 0.6 is 0 Å². The van der Waals surface area contributed by atoms with E-state index in [1.165, 1.54) is 6.08 Å². The Morgan fingerprint density at radius 2 is 2.00 bits per heavy atom. The summed E-state index contributed by atoms with van der Waals surface area (Å²) in [6, 6.07) is 0. The third-order valence-electron chi connectivity index (χ3n) is 0.822. The first-order valence-corrected chi connectivity index (χ1v) is 2.99. The summed E-state index contributed by atoms with van der Waals surface area (Å²) in [7, 11) is 0. The van der Waals surface area contributed by atoms with E-state index in [9.17, 15) is 9.59 Å². The lowest BCUT2D eigenvalue weighted by Crippen LogP contribution is -2.07. The van der Waals surface area contributed by atoms with Crippen molar-refractivity contribution >= 4 is 11.9 Å². The molecule has 0 saturated heterocycles. The van der Waals surface area contributed by atoms with Crippen LogP contribution in [0.5, 0.6) is 0 Å². The highest BCUT2D eigenvalue weighted by atomic mass is 16.5. The molecule has 0 aliphatic rings. The van der Waals surface area contributed by atoms with Crippen molar-refractivity contribution in [2.24, 2.45) is 0 Å². The molecule has 0 aliphatic carbocycles. The van der Waals surface area contributed by atoms with E-state index in [-0.39, 0.29) is 6.61 Å². The summed E-state index contributed by atoms with van der Waals surface area (Å²) < 4.78 is 4.53. The second kappa shape index (κ2) is 4.95. The molecule has 5 nitrogen and oxygen atoms in total. The lowest BCUT2D eigenvalue weighted by Gasteiger charge is -2.00. The maximum atomic E-state index is 10.2. The zero-order valence-corrected chi connectivity index (χ0v) is 6.19. The van der Waals surface area contributed by atoms with E-state index in [0.29, 0.717) is 6.08 Å². The molecule has 0 aromatic heterocycles. The van der Waals surface area contributed by atoms with E-state index in [2.05, 4.69) is 11.3 Å². The van der Waals surface area contributed by atoms with E-state index in [1.54, 1.807) is 0 Å². The van der Waals surface area contributed by atoms with E-state index >= 15 is 0 Å². The molecule has 0 unspecified atom stereocenters. The van der Waals surface area contributed by atoms with Crippen molar-refractivity contribution in [2.75, 3.05) is 6.61 Å². The average Bonchev–Trinajstić information content (AvgIpc) is 1.96. The van der Waals surface area contributed by atoms with Gasteiger partial charge in [0.05, 0.1) is 6.08 Å². The van der Waals surface area contributed by atoms with Gasteiger partial charge >= 0.3 is 11.9 Å². The normalized spacial score (nSPS) is 10.5. The molecule has 5 heteroatoms. The van der Waals surface area contributed by atoms with Crippen LogP contribution in [0.4, 0.5) is 0 Å². The first-order valence-electron chi connectivity index (χ1n) is 2.99. The minimum Gasteiger partial charge on any atom is -0.482 e. The zero-order chi connectivity index (χ0) is 9.56. The minimum absolute atomic E-state index is 0.0363. The Morgan fingerprint density at radius 1 is 1.42 bits per heavy atom. The van der Waals surface area contributed by atoms with Gasteiger partial charge in [-0.25, -0.2) is 9.59 Å². The molecule has 0 rings (SSSR count). The Balaban J connectivity index is 4.32. The molecule has 0 spiro atoms. The van der Waals surface area contributed by atoms with Crippen molar-refractivity contribution in [1.82, 2.24) is 0 Å². The Morgan fingerprint density at radius 3 is 2.33 bits per heavy atom. The van der Waals surface area contributed by atoms with Crippen molar-refractivity contribution < 1.29 is 24.5 Å². The summed E-state index contributed by atoms with van der Waals surface area (Å²) >= 11 is 0. The Hall–Kier alpha value is -1.78. The number of carboxylic acids is 2. The minimum atomic E-state index is -1.42. The van der Waals surface area contributed by atoms with Gasteiger partial charge in [0, 0.05) is 0 Å². The molecule has 0 aromatic rings. The molecule has 0 fully saturated rings. The van der Waals surface area contributed by atoms with Gasteiger partial charge in [0.2, 0.25) is 5.76 Å². The molecule has 2 N–H and O–H groups in total. The summed E-state index contributed by atoms with van der Waals surface area (Å²) in [5.74, 6) is -3.39. The van der Waals surface area contributed by atoms with E-state index in [1.807, 2.05) is 0 Å². The van der Waals surface area contributed by atoms with Crippen LogP contribution in [0, 0.1) is 0 Å². The molecule has 0 saturated carbocycles. The van der Waals surface area contributed by atoms with Gasteiger partial charge in [0.1, 0.15) is 6.61 Å². The quantitative estimate of drug-likeness (QED) is 0.352. The van der Waals surface area contributed by atoms with Gasteiger partial charge < -0.3 is 14.9 Å². The summed E-state index contributed by atoms with van der Waals surface area (Å²) in [5, 5.41) is 16.5. The average molecular weight is 172 g/mol. The third-order valence-corrected chi connectivity index (χ3v) is 0.822. The molecule has 0 bridgehead atoms. The Bertz CT molecular complexity index is 228. The van der Waals surface area contributed by atoms with Crippen LogP contribution in [0.15, 0.2) is 24.5 Å². The monoisotopic (exact) mass is 172 g/mol. The van der Waals surface area contributed by atoms with Crippen LogP contribution in [0.3, 0.4) is 0 Å². The Labute approximate surface area is 68.6 Å². The second-order valence-electron chi connectivity index (χ2n) is 1.75. The smallest absolute Gasteiger partial charge is 0.371 e. The molecule has 66 valence electrons. The van der Waals surface area contributed by atoms with Crippen LogP contribution in [-0.2, 0) is 14.3 Å². The van der Waals surface area contributed by atoms with Gasteiger partial charge in [-0.3, -0.25) is 0 Å². The zero-order valence-electron chi connectivity index (χ0n) is 6.19. The van der Waals surface area contributed by atoms with Gasteiger partial charge in [0.25, 0.3) is 0 Å². The van der Waals surface area contributed by atoms with Crippen LogP contribution in [0.25, 0.3) is 0 Å². The number of carboxylic acid groups (broad SMARTS) is 2. The SMILES string of the molecule is C=CCOC(=CC(=O)O)C(=O)O. The summed E-state index contributed by atoms with van der Waals surface area (Å²) in [6.45, 7) is 3.24. The highest BCUT2D eigenvalue weighted by Crippen LogP contribution is 1.97. The highest BCUT2D eigenvalue weighted by molar-refractivity contribution is 5.92. The molecule has 0 aromatic carbocycles. The second-order valence-corrected chi connectivity index (χ2v) is 1.75. The summed E-state index contributed by atoms with van der Waals surface area (Å²) in [6.07, 6.45) is 1.80. The number of hydrogen-bond acceptors (Lipinski definition) is 3. The van der Waals surface area contributed by atoms with Crippen molar-refractivity contribution in [2.45, 2.75) is 0 Å². The van der Waals surface area contributed by atoms with E-state index in [0.717, 1.165) is 0 Å². The molecule has 0 atom stereocenters. The first-order chi connectivity index (χ1) is 5.57. The summed E-state index contributed by atoms with van der Waals surface area (Å²) in [4.78, 5) is 20.3. The lowest BCUT2D eigenvalue weighted by atomic mass is 10.4. The molecule has 0 radical (unpaired) electrons. The lowest BCUT2D eigenvalue weighted by molar-refractivity contribution is -0.138. The fraction of sp³-hybridized carbons (Fsp3) is 0.143. The standard InChI is InChI=1S/C7H8O5/c1-2-3-12-5(7(10)11)4-6(8)9/h2,4H,1,3H2,(H,8,9)(H,10,11). The topological polar surface area (TPSA) is 83.8 Å². The summed E-state index contributed by atoms with van der Waals surface area (Å²) in [5.41, 5.74) is 0. The van der Waals surface area contributed by atoms with Gasteiger partial charge in [-0.05, 0) is 0 Å². The van der Waals surface area contributed by atoms with Crippen molar-refractivity contribution in [3.63, 3.8) is 0 Å². The van der Waals surface area contributed by atoms with Gasteiger partial charge in [-0.15, -0.1) is 0 Å². The van der Waals surface area contributed by atoms with Crippen LogP contribution in [0.2, 0.25) is 0 Å². The Kier molecular flexibility index (Phi) is 4.21. The molecular formula is C7H8O5. The van der Waals surface area contributed by atoms with Crippen molar-refractivity contribution in [3.05, 3.63) is 24.5 Å². The van der Waals surface area contributed by atoms with Gasteiger partial charge in [-0.2, -0.15) is 0 Å². The predicted molar refractivity (Wildman–Crippen MR) is 39.5 cm³/mol. The predicted octanol–water partition coefficient (Wildman–Crippen LogP) is 0.242. The number of ether oxygens (including phenoxy) is 1. The van der Waals surface area contributed by atoms with Gasteiger partial charge in [-0.1, -0.05) is 12.7 Å². The maximum Gasteiger partial charge on any atom is 0.371 e. The molecule has 0 heterocycles. The molecule has 0 aliphatic heterocycles. The van der Waals surface area contributed by atoms with Crippen molar-refractivity contribution in [1.29, 1.82) is 0 Å². The van der Waals surface area contributed by atoms with Crippen molar-refractivity contribution in [3.8, 4) is 0 Å². The number of carbonyl (C=O) groups is 2. The molecular weight excluding hydrogens is 164 g/mol. The van der Waals surface area contributed by atoms with Crippen LogP contribution in [-0.4, -0.2) is 28.8 Å². The number of rotatable bonds is 5. The van der Waals surface area contributed by atoms with Crippen LogP contribution < -0.4 is 0 Å². The fourth-order valence-corrected chi connectivity index (χ4v) is 0.426. The van der Waals surface area contributed by atoms with Crippen LogP contribution in [0.1, 0.15) is 0 Å². The number of hydrogen-bond donors (Lipinski definition) is 2. The number of aliphatic carboxylic acids is 2.